The van der Waals surface area contributed by atoms with Crippen LogP contribution in [0.3, 0.4) is 0 Å². The standard InChI is InChI=1S/C20H26N2O4/c1-20(13-23,14-24)22-19(25)18(21)11-15-7-9-17(10-8-15)26-12-16-5-3-2-4-6-16/h2-10,18,23-24H,11-14,21H2,1H3,(H,22,25). The molecule has 0 aliphatic carbocycles. The quantitative estimate of drug-likeness (QED) is 0.535. The van der Waals surface area contributed by atoms with Gasteiger partial charge < -0.3 is 26.0 Å². The Morgan fingerprint density at radius 2 is 1.69 bits per heavy atom. The van der Waals surface area contributed by atoms with Crippen LogP contribution < -0.4 is 15.8 Å². The van der Waals surface area contributed by atoms with Crippen molar-refractivity contribution in [2.75, 3.05) is 13.2 Å². The van der Waals surface area contributed by atoms with Crippen molar-refractivity contribution < 1.29 is 19.7 Å². The van der Waals surface area contributed by atoms with Gasteiger partial charge in [-0.3, -0.25) is 4.79 Å². The predicted octanol–water partition coefficient (Wildman–Crippen LogP) is 0.995. The maximum Gasteiger partial charge on any atom is 0.237 e. The molecule has 0 saturated heterocycles. The number of rotatable bonds is 9. The van der Waals surface area contributed by atoms with Crippen molar-refractivity contribution in [2.24, 2.45) is 5.73 Å². The number of amides is 1. The normalized spacial score (nSPS) is 12.5. The van der Waals surface area contributed by atoms with E-state index in [9.17, 15) is 15.0 Å². The van der Waals surface area contributed by atoms with Crippen molar-refractivity contribution in [3.8, 4) is 5.75 Å². The fraction of sp³-hybridized carbons (Fsp3) is 0.350. The minimum absolute atomic E-state index is 0.345. The molecule has 6 nitrogen and oxygen atoms in total. The molecule has 0 aromatic heterocycles. The van der Waals surface area contributed by atoms with E-state index in [-0.39, 0.29) is 13.2 Å². The number of carbonyl (C=O) groups is 1. The third-order valence-corrected chi connectivity index (χ3v) is 4.09. The van der Waals surface area contributed by atoms with Crippen molar-refractivity contribution in [3.63, 3.8) is 0 Å². The summed E-state index contributed by atoms with van der Waals surface area (Å²) >= 11 is 0. The summed E-state index contributed by atoms with van der Waals surface area (Å²) < 4.78 is 5.73. The Labute approximate surface area is 153 Å². The zero-order chi connectivity index (χ0) is 19.0. The zero-order valence-corrected chi connectivity index (χ0v) is 14.9. The highest BCUT2D eigenvalue weighted by atomic mass is 16.5. The second-order valence-corrected chi connectivity index (χ2v) is 6.59. The van der Waals surface area contributed by atoms with Gasteiger partial charge >= 0.3 is 0 Å². The molecule has 0 fully saturated rings. The van der Waals surface area contributed by atoms with E-state index in [1.807, 2.05) is 54.6 Å². The van der Waals surface area contributed by atoms with Gasteiger partial charge in [-0.05, 0) is 36.6 Å². The number of carbonyl (C=O) groups excluding carboxylic acids is 1. The fourth-order valence-electron chi connectivity index (χ4n) is 2.33. The first-order chi connectivity index (χ1) is 12.5. The van der Waals surface area contributed by atoms with Crippen LogP contribution in [0.5, 0.6) is 5.75 Å². The van der Waals surface area contributed by atoms with Crippen LogP contribution in [-0.2, 0) is 17.8 Å². The van der Waals surface area contributed by atoms with E-state index >= 15 is 0 Å². The monoisotopic (exact) mass is 358 g/mol. The molecule has 0 aliphatic rings. The summed E-state index contributed by atoms with van der Waals surface area (Å²) in [5, 5.41) is 21.1. The highest BCUT2D eigenvalue weighted by Gasteiger charge is 2.27. The van der Waals surface area contributed by atoms with Crippen LogP contribution in [0.25, 0.3) is 0 Å². The van der Waals surface area contributed by atoms with E-state index in [0.717, 1.165) is 16.9 Å². The van der Waals surface area contributed by atoms with Gasteiger partial charge in [0.05, 0.1) is 24.8 Å². The maximum absolute atomic E-state index is 12.1. The Balaban J connectivity index is 1.87. The van der Waals surface area contributed by atoms with E-state index in [0.29, 0.717) is 13.0 Å². The summed E-state index contributed by atoms with van der Waals surface area (Å²) in [6.07, 6.45) is 0.345. The molecule has 140 valence electrons. The highest BCUT2D eigenvalue weighted by molar-refractivity contribution is 5.82. The first kappa shape index (κ1) is 19.9. The molecule has 2 rings (SSSR count). The fourth-order valence-corrected chi connectivity index (χ4v) is 2.33. The van der Waals surface area contributed by atoms with Crippen LogP contribution in [0.1, 0.15) is 18.1 Å². The molecule has 5 N–H and O–H groups in total. The van der Waals surface area contributed by atoms with E-state index in [1.165, 1.54) is 0 Å². The third-order valence-electron chi connectivity index (χ3n) is 4.09. The van der Waals surface area contributed by atoms with Crippen LogP contribution in [0, 0.1) is 0 Å². The van der Waals surface area contributed by atoms with E-state index < -0.39 is 17.5 Å². The lowest BCUT2D eigenvalue weighted by atomic mass is 10.0. The minimum Gasteiger partial charge on any atom is -0.489 e. The molecule has 26 heavy (non-hydrogen) atoms. The van der Waals surface area contributed by atoms with Gasteiger partial charge in [0.1, 0.15) is 12.4 Å². The number of aliphatic hydroxyl groups is 2. The Morgan fingerprint density at radius 3 is 2.27 bits per heavy atom. The number of ether oxygens (including phenoxy) is 1. The molecule has 0 bridgehead atoms. The van der Waals surface area contributed by atoms with Gasteiger partial charge in [-0.1, -0.05) is 42.5 Å². The summed E-state index contributed by atoms with van der Waals surface area (Å²) in [6, 6.07) is 16.5. The van der Waals surface area contributed by atoms with Crippen molar-refractivity contribution in [3.05, 3.63) is 65.7 Å². The second-order valence-electron chi connectivity index (χ2n) is 6.59. The van der Waals surface area contributed by atoms with E-state index in [4.69, 9.17) is 10.5 Å². The molecule has 6 heteroatoms. The molecule has 2 aromatic rings. The van der Waals surface area contributed by atoms with Crippen LogP contribution in [-0.4, -0.2) is 40.9 Å². The molecule has 0 heterocycles. The van der Waals surface area contributed by atoms with Gasteiger partial charge in [0, 0.05) is 0 Å². The summed E-state index contributed by atoms with van der Waals surface area (Å²) in [4.78, 5) is 12.1. The topological polar surface area (TPSA) is 105 Å². The minimum atomic E-state index is -1.08. The second kappa shape index (κ2) is 9.33. The number of hydrogen-bond acceptors (Lipinski definition) is 5. The average Bonchev–Trinajstić information content (AvgIpc) is 2.68. The van der Waals surface area contributed by atoms with E-state index in [1.54, 1.807) is 6.92 Å². The largest absolute Gasteiger partial charge is 0.489 e. The molecule has 2 aromatic carbocycles. The van der Waals surface area contributed by atoms with Gasteiger partial charge in [0.2, 0.25) is 5.91 Å². The summed E-state index contributed by atoms with van der Waals surface area (Å²) in [6.45, 7) is 1.31. The molecule has 0 spiro atoms. The van der Waals surface area contributed by atoms with Crippen LogP contribution >= 0.6 is 0 Å². The first-order valence-corrected chi connectivity index (χ1v) is 8.51. The number of nitrogens with two attached hydrogens (primary N) is 1. The summed E-state index contributed by atoms with van der Waals surface area (Å²) in [5.41, 5.74) is 6.84. The Kier molecular flexibility index (Phi) is 7.15. The predicted molar refractivity (Wildman–Crippen MR) is 99.6 cm³/mol. The van der Waals surface area contributed by atoms with Crippen molar-refractivity contribution in [1.82, 2.24) is 5.32 Å². The average molecular weight is 358 g/mol. The summed E-state index contributed by atoms with van der Waals surface area (Å²) in [7, 11) is 0. The maximum atomic E-state index is 12.1. The molecule has 1 unspecified atom stereocenters. The van der Waals surface area contributed by atoms with Gasteiger partial charge in [0.15, 0.2) is 0 Å². The molecule has 0 aliphatic heterocycles. The number of nitrogens with one attached hydrogen (secondary N) is 1. The highest BCUT2D eigenvalue weighted by Crippen LogP contribution is 2.15. The SMILES string of the molecule is CC(CO)(CO)NC(=O)C(N)Cc1ccc(OCc2ccccc2)cc1. The van der Waals surface area contributed by atoms with Gasteiger partial charge in [-0.2, -0.15) is 0 Å². The smallest absolute Gasteiger partial charge is 0.237 e. The third kappa shape index (κ3) is 5.84. The molecular weight excluding hydrogens is 332 g/mol. The Morgan fingerprint density at radius 1 is 1.08 bits per heavy atom. The van der Waals surface area contributed by atoms with Gasteiger partial charge in [-0.15, -0.1) is 0 Å². The Hall–Kier alpha value is -2.41. The molecular formula is C20H26N2O4. The van der Waals surface area contributed by atoms with Crippen LogP contribution in [0.2, 0.25) is 0 Å². The first-order valence-electron chi connectivity index (χ1n) is 8.51. The Bertz CT molecular complexity index is 685. The van der Waals surface area contributed by atoms with E-state index in [2.05, 4.69) is 5.32 Å². The summed E-state index contributed by atoms with van der Waals surface area (Å²) in [5.74, 6) is 0.323. The number of hydrogen-bond donors (Lipinski definition) is 4. The van der Waals surface area contributed by atoms with Crippen molar-refractivity contribution in [2.45, 2.75) is 31.5 Å². The molecule has 1 amide bonds. The lowest BCUT2D eigenvalue weighted by molar-refractivity contribution is -0.125. The molecule has 0 saturated carbocycles. The number of aliphatic hydroxyl groups excluding tert-OH is 2. The molecule has 0 radical (unpaired) electrons. The number of benzene rings is 2. The lowest BCUT2D eigenvalue weighted by Gasteiger charge is -2.27. The van der Waals surface area contributed by atoms with Crippen molar-refractivity contribution >= 4 is 5.91 Å². The van der Waals surface area contributed by atoms with Gasteiger partial charge in [0.25, 0.3) is 0 Å². The van der Waals surface area contributed by atoms with Crippen LogP contribution in [0.15, 0.2) is 54.6 Å². The zero-order valence-electron chi connectivity index (χ0n) is 14.9. The lowest BCUT2D eigenvalue weighted by Crippen LogP contribution is -2.56. The van der Waals surface area contributed by atoms with Crippen molar-refractivity contribution in [1.29, 1.82) is 0 Å². The van der Waals surface area contributed by atoms with Crippen LogP contribution in [0.4, 0.5) is 0 Å². The van der Waals surface area contributed by atoms with Gasteiger partial charge in [-0.25, -0.2) is 0 Å². The molecule has 1 atom stereocenters.